The van der Waals surface area contributed by atoms with Crippen LogP contribution in [0.4, 0.5) is 0 Å². The van der Waals surface area contributed by atoms with Gasteiger partial charge in [0.1, 0.15) is 11.5 Å². The maximum absolute atomic E-state index is 12.7. The Hall–Kier alpha value is -2.45. The molecule has 1 heterocycles. The van der Waals surface area contributed by atoms with Crippen LogP contribution in [0.2, 0.25) is 0 Å². The Morgan fingerprint density at radius 3 is 2.59 bits per heavy atom. The first-order valence-corrected chi connectivity index (χ1v) is 11.0. The van der Waals surface area contributed by atoms with Crippen LogP contribution in [-0.2, 0) is 4.57 Å². The Morgan fingerprint density at radius 2 is 1.90 bits per heavy atom. The molecule has 0 saturated carbocycles. The fraction of sp³-hybridized carbons (Fsp3) is 0.211. The number of carbonyl (C=O) groups is 1. The van der Waals surface area contributed by atoms with E-state index in [1.54, 1.807) is 30.0 Å². The van der Waals surface area contributed by atoms with E-state index < -0.39 is 7.82 Å². The summed E-state index contributed by atoms with van der Waals surface area (Å²) in [5.74, 6) is 1.63. The van der Waals surface area contributed by atoms with E-state index in [4.69, 9.17) is 24.0 Å². The summed E-state index contributed by atoms with van der Waals surface area (Å²) in [6, 6.07) is 7.92. The molecule has 2 aromatic rings. The van der Waals surface area contributed by atoms with Crippen molar-refractivity contribution in [2.24, 2.45) is 0 Å². The molecule has 0 radical (unpaired) electrons. The van der Waals surface area contributed by atoms with E-state index in [0.717, 1.165) is 10.6 Å². The van der Waals surface area contributed by atoms with Crippen molar-refractivity contribution in [1.82, 2.24) is 0 Å². The highest BCUT2D eigenvalue weighted by molar-refractivity contribution is 7.99. The second kappa shape index (κ2) is 8.92. The molecule has 154 valence electrons. The van der Waals surface area contributed by atoms with E-state index >= 15 is 0 Å². The maximum atomic E-state index is 12.7. The van der Waals surface area contributed by atoms with E-state index in [1.165, 1.54) is 38.5 Å². The van der Waals surface area contributed by atoms with Crippen molar-refractivity contribution in [3.05, 3.63) is 47.5 Å². The fourth-order valence-electron chi connectivity index (χ4n) is 2.69. The van der Waals surface area contributed by atoms with Gasteiger partial charge in [0.15, 0.2) is 17.3 Å². The van der Waals surface area contributed by atoms with Gasteiger partial charge >= 0.3 is 7.82 Å². The largest absolute Gasteiger partial charge is 0.524 e. The second-order valence-electron chi connectivity index (χ2n) is 5.89. The number of ether oxygens (including phenoxy) is 3. The van der Waals surface area contributed by atoms with Crippen LogP contribution < -0.4 is 18.7 Å². The van der Waals surface area contributed by atoms with Gasteiger partial charge in [-0.2, -0.15) is 0 Å². The molecule has 0 amide bonds. The van der Waals surface area contributed by atoms with E-state index in [1.807, 2.05) is 0 Å². The molecule has 0 aliphatic carbocycles. The number of phosphoric acid groups is 1. The average molecular weight is 438 g/mol. The van der Waals surface area contributed by atoms with Crippen LogP contribution in [-0.4, -0.2) is 42.1 Å². The van der Waals surface area contributed by atoms with Gasteiger partial charge in [-0.15, -0.1) is 11.8 Å². The lowest BCUT2D eigenvalue weighted by atomic mass is 10.1. The Labute approximate surface area is 171 Å². The normalized spacial score (nSPS) is 13.5. The number of hydrogen-bond donors (Lipinski definition) is 2. The minimum absolute atomic E-state index is 0.129. The Kier molecular flexibility index (Phi) is 6.54. The average Bonchev–Trinajstić information content (AvgIpc) is 2.70. The number of allylic oxidation sites excluding steroid dienone is 1. The van der Waals surface area contributed by atoms with E-state index in [2.05, 4.69) is 4.52 Å². The van der Waals surface area contributed by atoms with Gasteiger partial charge in [0, 0.05) is 11.8 Å². The lowest BCUT2D eigenvalue weighted by Gasteiger charge is -2.18. The molecular formula is C19H19O8PS. The van der Waals surface area contributed by atoms with Crippen LogP contribution >= 0.6 is 19.6 Å². The molecule has 1 aliphatic heterocycles. The number of thioether (sulfide) groups is 1. The molecule has 1 aliphatic rings. The summed E-state index contributed by atoms with van der Waals surface area (Å²) < 4.78 is 31.7. The summed E-state index contributed by atoms with van der Waals surface area (Å²) >= 11 is 1.60. The van der Waals surface area contributed by atoms with Crippen molar-refractivity contribution in [1.29, 1.82) is 0 Å². The molecule has 0 unspecified atom stereocenters. The zero-order valence-corrected chi connectivity index (χ0v) is 17.4. The molecule has 10 heteroatoms. The number of fused-ring (bicyclic) bond motifs is 1. The van der Waals surface area contributed by atoms with Crippen molar-refractivity contribution < 1.29 is 37.9 Å². The van der Waals surface area contributed by atoms with Gasteiger partial charge in [0.05, 0.1) is 31.3 Å². The standard InChI is InChI=1S/C19H19O8PS/c1-24-15-6-4-12(9-17(15)27-28(21,22)23)3-5-14(20)13-10-19-18(11-16(13)25-2)26-7-8-29-19/h3-6,9-11H,7-8H2,1-2H3,(H2,21,22,23)/b5-3+. The summed E-state index contributed by atoms with van der Waals surface area (Å²) in [6.07, 6.45) is 2.86. The third-order valence-electron chi connectivity index (χ3n) is 3.96. The molecule has 29 heavy (non-hydrogen) atoms. The van der Waals surface area contributed by atoms with Gasteiger partial charge < -0.3 is 18.7 Å². The third-order valence-corrected chi connectivity index (χ3v) is 5.40. The molecule has 3 rings (SSSR count). The molecule has 2 aromatic carbocycles. The summed E-state index contributed by atoms with van der Waals surface area (Å²) in [6.45, 7) is 0.602. The van der Waals surface area contributed by atoms with E-state index in [-0.39, 0.29) is 17.3 Å². The van der Waals surface area contributed by atoms with Crippen molar-refractivity contribution >= 4 is 31.4 Å². The molecule has 0 fully saturated rings. The molecule has 0 aromatic heterocycles. The van der Waals surface area contributed by atoms with Crippen LogP contribution in [0.3, 0.4) is 0 Å². The molecule has 0 bridgehead atoms. The molecule has 2 N–H and O–H groups in total. The number of carbonyl (C=O) groups excluding carboxylic acids is 1. The number of benzene rings is 2. The first-order chi connectivity index (χ1) is 13.8. The van der Waals surface area contributed by atoms with Gasteiger partial charge in [-0.05, 0) is 29.8 Å². The van der Waals surface area contributed by atoms with Crippen LogP contribution in [0.25, 0.3) is 6.08 Å². The molecule has 0 spiro atoms. The second-order valence-corrected chi connectivity index (χ2v) is 8.19. The zero-order chi connectivity index (χ0) is 21.0. The first-order valence-electron chi connectivity index (χ1n) is 8.44. The van der Waals surface area contributed by atoms with Crippen LogP contribution in [0.1, 0.15) is 15.9 Å². The Morgan fingerprint density at radius 1 is 1.14 bits per heavy atom. The van der Waals surface area contributed by atoms with E-state index in [0.29, 0.717) is 29.2 Å². The highest BCUT2D eigenvalue weighted by Crippen LogP contribution is 2.42. The molecule has 0 atom stereocenters. The maximum Gasteiger partial charge on any atom is 0.524 e. The van der Waals surface area contributed by atoms with Gasteiger partial charge in [0.2, 0.25) is 0 Å². The number of rotatable bonds is 7. The van der Waals surface area contributed by atoms with Crippen LogP contribution in [0, 0.1) is 0 Å². The van der Waals surface area contributed by atoms with Crippen molar-refractivity contribution in [3.8, 4) is 23.0 Å². The molecule has 8 nitrogen and oxygen atoms in total. The first kappa shape index (κ1) is 21.3. The van der Waals surface area contributed by atoms with Crippen LogP contribution in [0.5, 0.6) is 23.0 Å². The smallest absolute Gasteiger partial charge is 0.496 e. The lowest BCUT2D eigenvalue weighted by molar-refractivity contribution is 0.104. The summed E-state index contributed by atoms with van der Waals surface area (Å²) in [4.78, 5) is 31.7. The van der Waals surface area contributed by atoms with Crippen molar-refractivity contribution in [3.63, 3.8) is 0 Å². The van der Waals surface area contributed by atoms with Gasteiger partial charge in [-0.3, -0.25) is 14.6 Å². The summed E-state index contributed by atoms with van der Waals surface area (Å²) in [7, 11) is -1.93. The van der Waals surface area contributed by atoms with Gasteiger partial charge in [-0.1, -0.05) is 12.1 Å². The minimum atomic E-state index is -4.76. The number of methoxy groups -OCH3 is 2. The van der Waals surface area contributed by atoms with Crippen molar-refractivity contribution in [2.45, 2.75) is 4.90 Å². The third kappa shape index (κ3) is 5.33. The fourth-order valence-corrected chi connectivity index (χ4v) is 3.94. The number of ketones is 1. The lowest BCUT2D eigenvalue weighted by Crippen LogP contribution is -2.08. The monoisotopic (exact) mass is 438 g/mol. The van der Waals surface area contributed by atoms with Crippen molar-refractivity contribution in [2.75, 3.05) is 26.6 Å². The Balaban J connectivity index is 1.87. The highest BCUT2D eigenvalue weighted by atomic mass is 32.2. The zero-order valence-electron chi connectivity index (χ0n) is 15.7. The van der Waals surface area contributed by atoms with Gasteiger partial charge in [-0.25, -0.2) is 4.57 Å². The predicted octanol–water partition coefficient (Wildman–Crippen LogP) is 3.56. The summed E-state index contributed by atoms with van der Waals surface area (Å²) in [5.41, 5.74) is 0.887. The SMILES string of the molecule is COc1ccc(/C=C/C(=O)c2cc3c(cc2OC)OCCS3)cc1OP(=O)(O)O. The minimum Gasteiger partial charge on any atom is -0.496 e. The van der Waals surface area contributed by atoms with Gasteiger partial charge in [0.25, 0.3) is 0 Å². The topological polar surface area (TPSA) is 112 Å². The Bertz CT molecular complexity index is 998. The highest BCUT2D eigenvalue weighted by Gasteiger charge is 2.20. The number of hydrogen-bond acceptors (Lipinski definition) is 7. The molecule has 0 saturated heterocycles. The number of phosphoric ester groups is 1. The summed E-state index contributed by atoms with van der Waals surface area (Å²) in [5, 5.41) is 0. The predicted molar refractivity (Wildman–Crippen MR) is 108 cm³/mol. The van der Waals surface area contributed by atoms with E-state index in [9.17, 15) is 9.36 Å². The molecular weight excluding hydrogens is 419 g/mol. The van der Waals surface area contributed by atoms with Crippen LogP contribution in [0.15, 0.2) is 41.3 Å². The quantitative estimate of drug-likeness (QED) is 0.381.